The number of benzene rings is 1. The van der Waals surface area contributed by atoms with Crippen molar-refractivity contribution < 1.29 is 14.0 Å². The second-order valence-corrected chi connectivity index (χ2v) is 6.13. The van der Waals surface area contributed by atoms with E-state index in [1.807, 2.05) is 18.2 Å². The van der Waals surface area contributed by atoms with Gasteiger partial charge in [-0.1, -0.05) is 23.7 Å². The van der Waals surface area contributed by atoms with Gasteiger partial charge in [0.1, 0.15) is 5.76 Å². The maximum atomic E-state index is 12.0. The van der Waals surface area contributed by atoms with Crippen molar-refractivity contribution in [2.24, 2.45) is 0 Å². The molecule has 0 atom stereocenters. The van der Waals surface area contributed by atoms with Crippen molar-refractivity contribution in [2.45, 2.75) is 33.1 Å². The molecule has 0 radical (unpaired) electrons. The predicted octanol–water partition coefficient (Wildman–Crippen LogP) is 2.88. The molecule has 6 nitrogen and oxygen atoms in total. The van der Waals surface area contributed by atoms with Gasteiger partial charge in [-0.05, 0) is 31.9 Å². The van der Waals surface area contributed by atoms with Crippen molar-refractivity contribution in [3.05, 3.63) is 40.7 Å². The molecule has 0 saturated heterocycles. The summed E-state index contributed by atoms with van der Waals surface area (Å²) in [4.78, 5) is 27.2. The van der Waals surface area contributed by atoms with Crippen molar-refractivity contribution in [2.75, 3.05) is 13.1 Å². The van der Waals surface area contributed by atoms with E-state index in [0.717, 1.165) is 12.8 Å². The maximum Gasteiger partial charge on any atom is 0.228 e. The van der Waals surface area contributed by atoms with E-state index in [4.69, 9.17) is 16.0 Å². The largest absolute Gasteiger partial charge is 0.441 e. The molecule has 1 aromatic heterocycles. The summed E-state index contributed by atoms with van der Waals surface area (Å²) in [6.45, 7) is 4.45. The number of hydrogen-bond donors (Lipinski definition) is 2. The molecular formula is C18H22ClN3O3. The molecule has 2 aromatic rings. The number of carbonyl (C=O) groups excluding carboxylic acids is 2. The van der Waals surface area contributed by atoms with E-state index in [-0.39, 0.29) is 18.2 Å². The Kier molecular flexibility index (Phi) is 7.01. The summed E-state index contributed by atoms with van der Waals surface area (Å²) in [7, 11) is 0. The number of oxazole rings is 1. The lowest BCUT2D eigenvalue weighted by Gasteiger charge is -2.04. The van der Waals surface area contributed by atoms with Crippen LogP contribution in [0.1, 0.15) is 31.2 Å². The van der Waals surface area contributed by atoms with Gasteiger partial charge in [0.15, 0.2) is 0 Å². The third-order valence-electron chi connectivity index (χ3n) is 3.62. The molecule has 0 bridgehead atoms. The molecule has 0 saturated carbocycles. The van der Waals surface area contributed by atoms with Crippen LogP contribution in [-0.2, 0) is 16.0 Å². The molecule has 0 aliphatic heterocycles. The van der Waals surface area contributed by atoms with Crippen LogP contribution in [0.3, 0.4) is 0 Å². The normalized spacial score (nSPS) is 10.5. The van der Waals surface area contributed by atoms with Crippen LogP contribution in [0.5, 0.6) is 0 Å². The lowest BCUT2D eigenvalue weighted by atomic mass is 10.2. The van der Waals surface area contributed by atoms with E-state index in [1.165, 1.54) is 6.92 Å². The summed E-state index contributed by atoms with van der Waals surface area (Å²) in [5.41, 5.74) is 1.31. The van der Waals surface area contributed by atoms with Crippen LogP contribution in [0.2, 0.25) is 5.02 Å². The fourth-order valence-corrected chi connectivity index (χ4v) is 2.52. The molecule has 134 valence electrons. The number of aromatic nitrogens is 1. The first-order chi connectivity index (χ1) is 12.0. The second kappa shape index (κ2) is 9.22. The van der Waals surface area contributed by atoms with Crippen LogP contribution >= 0.6 is 11.6 Å². The van der Waals surface area contributed by atoms with E-state index in [0.29, 0.717) is 41.0 Å². The van der Waals surface area contributed by atoms with Gasteiger partial charge in [0.25, 0.3) is 0 Å². The van der Waals surface area contributed by atoms with E-state index >= 15 is 0 Å². The number of amides is 2. The average molecular weight is 364 g/mol. The Bertz CT molecular complexity index is 743. The molecular weight excluding hydrogens is 342 g/mol. The zero-order valence-electron chi connectivity index (χ0n) is 14.4. The molecule has 0 unspecified atom stereocenters. The van der Waals surface area contributed by atoms with Crippen LogP contribution in [0, 0.1) is 6.92 Å². The summed E-state index contributed by atoms with van der Waals surface area (Å²) in [5.74, 6) is 0.874. The number of halogens is 1. The van der Waals surface area contributed by atoms with Gasteiger partial charge >= 0.3 is 0 Å². The minimum absolute atomic E-state index is 0.0418. The molecule has 0 spiro atoms. The van der Waals surface area contributed by atoms with E-state index in [2.05, 4.69) is 15.6 Å². The number of unbranched alkanes of at least 4 members (excludes halogenated alkanes) is 1. The number of hydrogen-bond acceptors (Lipinski definition) is 4. The first-order valence-corrected chi connectivity index (χ1v) is 8.57. The Morgan fingerprint density at radius 3 is 2.52 bits per heavy atom. The van der Waals surface area contributed by atoms with Gasteiger partial charge in [-0.3, -0.25) is 9.59 Å². The number of nitrogens with zero attached hydrogens (tertiary/aromatic N) is 1. The van der Waals surface area contributed by atoms with Gasteiger partial charge < -0.3 is 15.1 Å². The Hall–Kier alpha value is -2.34. The Balaban J connectivity index is 1.83. The van der Waals surface area contributed by atoms with Crippen molar-refractivity contribution in [3.63, 3.8) is 0 Å². The number of nitrogens with one attached hydrogen (secondary N) is 2. The maximum absolute atomic E-state index is 12.0. The summed E-state index contributed by atoms with van der Waals surface area (Å²) in [6, 6.07) is 7.28. The fraction of sp³-hybridized carbons (Fsp3) is 0.389. The molecule has 1 aromatic carbocycles. The Morgan fingerprint density at radius 1 is 1.16 bits per heavy atom. The monoisotopic (exact) mass is 363 g/mol. The minimum Gasteiger partial charge on any atom is -0.441 e. The predicted molar refractivity (Wildman–Crippen MR) is 96.3 cm³/mol. The van der Waals surface area contributed by atoms with Crippen molar-refractivity contribution in [1.29, 1.82) is 0 Å². The van der Waals surface area contributed by atoms with Crippen molar-refractivity contribution >= 4 is 23.4 Å². The van der Waals surface area contributed by atoms with E-state index in [9.17, 15) is 9.59 Å². The van der Waals surface area contributed by atoms with Crippen LogP contribution in [-0.4, -0.2) is 29.9 Å². The molecule has 25 heavy (non-hydrogen) atoms. The summed E-state index contributed by atoms with van der Waals surface area (Å²) < 4.78 is 5.65. The highest BCUT2D eigenvalue weighted by atomic mass is 35.5. The minimum atomic E-state index is -0.110. The van der Waals surface area contributed by atoms with Gasteiger partial charge in [-0.15, -0.1) is 0 Å². The lowest BCUT2D eigenvalue weighted by Crippen LogP contribution is -2.27. The zero-order chi connectivity index (χ0) is 18.2. The molecule has 1 heterocycles. The highest BCUT2D eigenvalue weighted by molar-refractivity contribution is 6.33. The van der Waals surface area contributed by atoms with Gasteiger partial charge in [-0.25, -0.2) is 4.98 Å². The van der Waals surface area contributed by atoms with Gasteiger partial charge in [0.05, 0.1) is 22.7 Å². The number of rotatable bonds is 8. The van der Waals surface area contributed by atoms with Crippen LogP contribution < -0.4 is 10.6 Å². The van der Waals surface area contributed by atoms with Gasteiger partial charge in [0.2, 0.25) is 17.7 Å². The Labute approximate surface area is 152 Å². The Morgan fingerprint density at radius 2 is 1.84 bits per heavy atom. The highest BCUT2D eigenvalue weighted by Gasteiger charge is 2.16. The van der Waals surface area contributed by atoms with Crippen molar-refractivity contribution in [3.8, 4) is 11.5 Å². The number of carbonyl (C=O) groups is 2. The standard InChI is InChI=1S/C18H22ClN3O3/c1-12-16(11-17(24)21-10-6-5-9-20-13(2)23)22-18(25-12)14-7-3-4-8-15(14)19/h3-4,7-8H,5-6,9-11H2,1-2H3,(H,20,23)(H,21,24). The molecule has 0 aliphatic carbocycles. The molecule has 0 fully saturated rings. The van der Waals surface area contributed by atoms with E-state index in [1.54, 1.807) is 13.0 Å². The summed E-state index contributed by atoms with van der Waals surface area (Å²) in [5, 5.41) is 6.12. The molecule has 2 amide bonds. The molecule has 2 N–H and O–H groups in total. The topological polar surface area (TPSA) is 84.2 Å². The van der Waals surface area contributed by atoms with E-state index < -0.39 is 0 Å². The third-order valence-corrected chi connectivity index (χ3v) is 3.95. The lowest BCUT2D eigenvalue weighted by molar-refractivity contribution is -0.121. The SMILES string of the molecule is CC(=O)NCCCCNC(=O)Cc1nc(-c2ccccc2Cl)oc1C. The second-order valence-electron chi connectivity index (χ2n) is 5.72. The molecule has 2 rings (SSSR count). The third kappa shape index (κ3) is 5.90. The fourth-order valence-electron chi connectivity index (χ4n) is 2.30. The first kappa shape index (κ1) is 19.0. The average Bonchev–Trinajstić information content (AvgIpc) is 2.91. The molecule has 0 aliphatic rings. The van der Waals surface area contributed by atoms with Crippen LogP contribution in [0.4, 0.5) is 0 Å². The zero-order valence-corrected chi connectivity index (χ0v) is 15.2. The summed E-state index contributed by atoms with van der Waals surface area (Å²) in [6.07, 6.45) is 1.78. The summed E-state index contributed by atoms with van der Waals surface area (Å²) >= 11 is 6.15. The van der Waals surface area contributed by atoms with Crippen molar-refractivity contribution in [1.82, 2.24) is 15.6 Å². The van der Waals surface area contributed by atoms with Crippen LogP contribution in [0.15, 0.2) is 28.7 Å². The van der Waals surface area contributed by atoms with Crippen LogP contribution in [0.25, 0.3) is 11.5 Å². The smallest absolute Gasteiger partial charge is 0.228 e. The quantitative estimate of drug-likeness (QED) is 0.706. The first-order valence-electron chi connectivity index (χ1n) is 8.19. The highest BCUT2D eigenvalue weighted by Crippen LogP contribution is 2.28. The van der Waals surface area contributed by atoms with Gasteiger partial charge in [-0.2, -0.15) is 0 Å². The van der Waals surface area contributed by atoms with Gasteiger partial charge in [0, 0.05) is 20.0 Å². The number of aryl methyl sites for hydroxylation is 1. The molecule has 7 heteroatoms.